The van der Waals surface area contributed by atoms with Gasteiger partial charge in [-0.3, -0.25) is 4.79 Å². The average Bonchev–Trinajstić information content (AvgIpc) is 2.41. The van der Waals surface area contributed by atoms with Crippen LogP contribution in [0, 0.1) is 0 Å². The van der Waals surface area contributed by atoms with Crippen molar-refractivity contribution >= 4 is 5.97 Å². The second kappa shape index (κ2) is 7.54. The maximum Gasteiger partial charge on any atom is 0.303 e. The Bertz CT molecular complexity index is 92.7. The Balaban J connectivity index is 0.000000183. The van der Waals surface area contributed by atoms with Crippen molar-refractivity contribution in [2.75, 3.05) is 13.1 Å². The Morgan fingerprint density at radius 1 is 1.45 bits per heavy atom. The normalized spacial score (nSPS) is 15.4. The SMILES string of the molecule is C1CCNC1.CCCC(=O)O. The lowest BCUT2D eigenvalue weighted by Gasteiger charge is -1.79. The molecule has 0 unspecified atom stereocenters. The van der Waals surface area contributed by atoms with E-state index in [4.69, 9.17) is 5.11 Å². The van der Waals surface area contributed by atoms with Gasteiger partial charge in [0.15, 0.2) is 0 Å². The number of nitrogens with one attached hydrogen (secondary N) is 1. The standard InChI is InChI=1S/C4H9N.C4H8O2/c1-2-4-5-3-1;1-2-3-4(5)6/h5H,1-4H2;2-3H2,1H3,(H,5,6). The van der Waals surface area contributed by atoms with Crippen LogP contribution in [0.1, 0.15) is 32.6 Å². The quantitative estimate of drug-likeness (QED) is 0.637. The van der Waals surface area contributed by atoms with Gasteiger partial charge in [-0.2, -0.15) is 0 Å². The number of rotatable bonds is 2. The van der Waals surface area contributed by atoms with Gasteiger partial charge >= 0.3 is 5.97 Å². The third-order valence-corrected chi connectivity index (χ3v) is 1.42. The van der Waals surface area contributed by atoms with Gasteiger partial charge in [0.25, 0.3) is 0 Å². The molecule has 3 heteroatoms. The molecule has 1 aliphatic rings. The summed E-state index contributed by atoms with van der Waals surface area (Å²) < 4.78 is 0. The van der Waals surface area contributed by atoms with E-state index >= 15 is 0 Å². The van der Waals surface area contributed by atoms with Crippen molar-refractivity contribution < 1.29 is 9.90 Å². The first kappa shape index (κ1) is 10.4. The number of carbonyl (C=O) groups is 1. The molecule has 0 aliphatic carbocycles. The second-order valence-electron chi connectivity index (χ2n) is 2.60. The van der Waals surface area contributed by atoms with E-state index in [-0.39, 0.29) is 0 Å². The Kier molecular flexibility index (Phi) is 7.15. The summed E-state index contributed by atoms with van der Waals surface area (Å²) in [5.41, 5.74) is 0. The monoisotopic (exact) mass is 159 g/mol. The Morgan fingerprint density at radius 2 is 2.00 bits per heavy atom. The van der Waals surface area contributed by atoms with E-state index in [0.29, 0.717) is 6.42 Å². The minimum Gasteiger partial charge on any atom is -0.481 e. The molecule has 11 heavy (non-hydrogen) atoms. The summed E-state index contributed by atoms with van der Waals surface area (Å²) in [7, 11) is 0. The molecule has 0 bridgehead atoms. The van der Waals surface area contributed by atoms with Gasteiger partial charge in [0, 0.05) is 6.42 Å². The summed E-state index contributed by atoms with van der Waals surface area (Å²) >= 11 is 0. The zero-order valence-corrected chi connectivity index (χ0v) is 7.10. The lowest BCUT2D eigenvalue weighted by atomic mass is 10.4. The third kappa shape index (κ3) is 9.43. The van der Waals surface area contributed by atoms with E-state index in [9.17, 15) is 4.79 Å². The fraction of sp³-hybridized carbons (Fsp3) is 0.875. The molecule has 0 aromatic carbocycles. The minimum absolute atomic E-state index is 0.292. The Morgan fingerprint density at radius 3 is 2.09 bits per heavy atom. The summed E-state index contributed by atoms with van der Waals surface area (Å²) in [6, 6.07) is 0. The van der Waals surface area contributed by atoms with Crippen LogP contribution >= 0.6 is 0 Å². The Labute approximate surface area is 67.8 Å². The van der Waals surface area contributed by atoms with Crippen molar-refractivity contribution in [3.05, 3.63) is 0 Å². The van der Waals surface area contributed by atoms with Gasteiger partial charge in [-0.05, 0) is 32.4 Å². The molecule has 3 nitrogen and oxygen atoms in total. The van der Waals surface area contributed by atoms with Gasteiger partial charge in [-0.25, -0.2) is 0 Å². The highest BCUT2D eigenvalue weighted by molar-refractivity contribution is 5.66. The van der Waals surface area contributed by atoms with Crippen LogP contribution in [0.15, 0.2) is 0 Å². The maximum absolute atomic E-state index is 9.60. The highest BCUT2D eigenvalue weighted by Gasteiger charge is 1.93. The number of aliphatic carboxylic acids is 1. The van der Waals surface area contributed by atoms with Gasteiger partial charge in [-0.1, -0.05) is 6.92 Å². The van der Waals surface area contributed by atoms with Crippen molar-refractivity contribution in [3.63, 3.8) is 0 Å². The molecule has 0 aromatic heterocycles. The van der Waals surface area contributed by atoms with Crippen LogP contribution in [0.5, 0.6) is 0 Å². The average molecular weight is 159 g/mol. The van der Waals surface area contributed by atoms with Crippen LogP contribution in [0.2, 0.25) is 0 Å². The first-order valence-electron chi connectivity index (χ1n) is 4.20. The molecule has 66 valence electrons. The molecule has 0 radical (unpaired) electrons. The zero-order valence-electron chi connectivity index (χ0n) is 7.10. The molecule has 0 atom stereocenters. The molecular weight excluding hydrogens is 142 g/mol. The van der Waals surface area contributed by atoms with E-state index in [1.165, 1.54) is 25.9 Å². The zero-order chi connectivity index (χ0) is 8.53. The van der Waals surface area contributed by atoms with E-state index in [1.54, 1.807) is 0 Å². The third-order valence-electron chi connectivity index (χ3n) is 1.42. The number of carboxylic acid groups (broad SMARTS) is 1. The van der Waals surface area contributed by atoms with E-state index in [0.717, 1.165) is 6.42 Å². The number of hydrogen-bond donors (Lipinski definition) is 2. The van der Waals surface area contributed by atoms with Crippen molar-refractivity contribution in [3.8, 4) is 0 Å². The molecule has 1 saturated heterocycles. The van der Waals surface area contributed by atoms with Crippen molar-refractivity contribution in [2.24, 2.45) is 0 Å². The minimum atomic E-state index is -0.711. The van der Waals surface area contributed by atoms with E-state index in [2.05, 4.69) is 5.32 Å². The summed E-state index contributed by atoms with van der Waals surface area (Å²) in [5.74, 6) is -0.711. The maximum atomic E-state index is 9.60. The molecule has 1 rings (SSSR count). The fourth-order valence-corrected chi connectivity index (χ4v) is 0.839. The predicted octanol–water partition coefficient (Wildman–Crippen LogP) is 1.24. The summed E-state index contributed by atoms with van der Waals surface area (Å²) in [6.07, 6.45) is 3.80. The first-order chi connectivity index (χ1) is 5.27. The number of hydrogen-bond acceptors (Lipinski definition) is 2. The van der Waals surface area contributed by atoms with Crippen LogP contribution in [0.4, 0.5) is 0 Å². The van der Waals surface area contributed by atoms with Gasteiger partial charge in [-0.15, -0.1) is 0 Å². The van der Waals surface area contributed by atoms with Gasteiger partial charge in [0.05, 0.1) is 0 Å². The van der Waals surface area contributed by atoms with Crippen LogP contribution in [-0.4, -0.2) is 24.2 Å². The highest BCUT2D eigenvalue weighted by atomic mass is 16.4. The Hall–Kier alpha value is -0.570. The molecule has 0 aromatic rings. The molecule has 1 fully saturated rings. The lowest BCUT2D eigenvalue weighted by Crippen LogP contribution is -2.03. The summed E-state index contributed by atoms with van der Waals surface area (Å²) in [4.78, 5) is 9.60. The second-order valence-corrected chi connectivity index (χ2v) is 2.60. The fourth-order valence-electron chi connectivity index (χ4n) is 0.839. The largest absolute Gasteiger partial charge is 0.481 e. The van der Waals surface area contributed by atoms with E-state index in [1.807, 2.05) is 6.92 Å². The molecule has 1 heterocycles. The summed E-state index contributed by atoms with van der Waals surface area (Å²) in [5, 5.41) is 11.1. The van der Waals surface area contributed by atoms with Crippen molar-refractivity contribution in [1.82, 2.24) is 5.32 Å². The van der Waals surface area contributed by atoms with Gasteiger partial charge in [0.2, 0.25) is 0 Å². The van der Waals surface area contributed by atoms with Crippen molar-refractivity contribution in [1.29, 1.82) is 0 Å². The van der Waals surface area contributed by atoms with Crippen LogP contribution in [0.3, 0.4) is 0 Å². The smallest absolute Gasteiger partial charge is 0.303 e. The van der Waals surface area contributed by atoms with E-state index < -0.39 is 5.97 Å². The molecule has 1 aliphatic heterocycles. The molecular formula is C8H17NO2. The van der Waals surface area contributed by atoms with Crippen LogP contribution < -0.4 is 5.32 Å². The number of carboxylic acids is 1. The predicted molar refractivity (Wildman–Crippen MR) is 44.6 cm³/mol. The first-order valence-corrected chi connectivity index (χ1v) is 4.20. The molecule has 0 spiro atoms. The lowest BCUT2D eigenvalue weighted by molar-refractivity contribution is -0.137. The van der Waals surface area contributed by atoms with Crippen molar-refractivity contribution in [2.45, 2.75) is 32.6 Å². The van der Waals surface area contributed by atoms with Gasteiger partial charge in [0.1, 0.15) is 0 Å². The highest BCUT2D eigenvalue weighted by Crippen LogP contribution is 1.90. The van der Waals surface area contributed by atoms with Crippen LogP contribution in [-0.2, 0) is 4.79 Å². The molecule has 0 saturated carbocycles. The van der Waals surface area contributed by atoms with Gasteiger partial charge < -0.3 is 10.4 Å². The van der Waals surface area contributed by atoms with Crippen LogP contribution in [0.25, 0.3) is 0 Å². The topological polar surface area (TPSA) is 49.3 Å². The molecule has 0 amide bonds. The molecule has 2 N–H and O–H groups in total. The summed E-state index contributed by atoms with van der Waals surface area (Å²) in [6.45, 7) is 4.34.